The zero-order valence-corrected chi connectivity index (χ0v) is 11.5. The number of hydrogen-bond acceptors (Lipinski definition) is 4. The standard InChI is InChI=1S/C12H11BrN2O3/c1-15-10-4-3-7(13)5-8(10)14-9(12(15)17)6-11(16)18-2/h3-5H,6H2,1-2H3. The number of benzene rings is 1. The highest BCUT2D eigenvalue weighted by Gasteiger charge is 2.12. The molecule has 0 aliphatic carbocycles. The number of fused-ring (bicyclic) bond motifs is 1. The average Bonchev–Trinajstić information content (AvgIpc) is 2.35. The summed E-state index contributed by atoms with van der Waals surface area (Å²) in [5.74, 6) is -0.478. The smallest absolute Gasteiger partial charge is 0.311 e. The second-order valence-corrected chi connectivity index (χ2v) is 4.72. The Bertz CT molecular complexity index is 679. The van der Waals surface area contributed by atoms with Gasteiger partial charge in [-0.05, 0) is 18.2 Å². The molecule has 0 saturated carbocycles. The highest BCUT2D eigenvalue weighted by molar-refractivity contribution is 9.10. The zero-order valence-electron chi connectivity index (χ0n) is 9.94. The van der Waals surface area contributed by atoms with Crippen molar-refractivity contribution in [2.75, 3.05) is 7.11 Å². The summed E-state index contributed by atoms with van der Waals surface area (Å²) in [5.41, 5.74) is 1.28. The van der Waals surface area contributed by atoms with Crippen molar-refractivity contribution in [3.8, 4) is 0 Å². The van der Waals surface area contributed by atoms with Crippen LogP contribution in [-0.4, -0.2) is 22.6 Å². The molecule has 1 aromatic heterocycles. The molecular weight excluding hydrogens is 300 g/mol. The third-order valence-electron chi connectivity index (χ3n) is 2.65. The number of ether oxygens (including phenoxy) is 1. The Hall–Kier alpha value is -1.69. The Kier molecular flexibility index (Phi) is 3.47. The van der Waals surface area contributed by atoms with Crippen molar-refractivity contribution in [1.29, 1.82) is 0 Å². The third kappa shape index (κ3) is 2.28. The molecule has 0 amide bonds. The van der Waals surface area contributed by atoms with Gasteiger partial charge < -0.3 is 9.30 Å². The van der Waals surface area contributed by atoms with Crippen molar-refractivity contribution in [3.05, 3.63) is 38.7 Å². The van der Waals surface area contributed by atoms with Gasteiger partial charge in [0, 0.05) is 11.5 Å². The molecule has 6 heteroatoms. The molecule has 2 aromatic rings. The van der Waals surface area contributed by atoms with Gasteiger partial charge in [-0.3, -0.25) is 9.59 Å². The Labute approximate surface area is 112 Å². The Morgan fingerprint density at radius 2 is 2.22 bits per heavy atom. The number of carbonyl (C=O) groups excluding carboxylic acids is 1. The second-order valence-electron chi connectivity index (χ2n) is 3.81. The van der Waals surface area contributed by atoms with Crippen LogP contribution in [0.2, 0.25) is 0 Å². The molecular formula is C12H11BrN2O3. The van der Waals surface area contributed by atoms with E-state index in [-0.39, 0.29) is 17.7 Å². The van der Waals surface area contributed by atoms with Crippen LogP contribution in [0.25, 0.3) is 11.0 Å². The molecule has 5 nitrogen and oxygen atoms in total. The van der Waals surface area contributed by atoms with Crippen LogP contribution in [-0.2, 0) is 23.0 Å². The minimum Gasteiger partial charge on any atom is -0.469 e. The molecule has 1 heterocycles. The molecule has 0 N–H and O–H groups in total. The molecule has 0 saturated heterocycles. The molecule has 0 radical (unpaired) electrons. The second kappa shape index (κ2) is 4.89. The summed E-state index contributed by atoms with van der Waals surface area (Å²) in [6, 6.07) is 5.44. The van der Waals surface area contributed by atoms with Gasteiger partial charge in [-0.2, -0.15) is 0 Å². The van der Waals surface area contributed by atoms with Crippen molar-refractivity contribution in [2.45, 2.75) is 6.42 Å². The largest absolute Gasteiger partial charge is 0.469 e. The first-order valence-electron chi connectivity index (χ1n) is 5.25. The van der Waals surface area contributed by atoms with E-state index in [0.29, 0.717) is 5.52 Å². The first-order valence-corrected chi connectivity index (χ1v) is 6.04. The SMILES string of the molecule is COC(=O)Cc1nc2cc(Br)ccc2n(C)c1=O. The number of rotatable bonds is 2. The van der Waals surface area contributed by atoms with Gasteiger partial charge in [-0.1, -0.05) is 15.9 Å². The summed E-state index contributed by atoms with van der Waals surface area (Å²) in [6.45, 7) is 0. The molecule has 0 bridgehead atoms. The first-order chi connectivity index (χ1) is 8.52. The highest BCUT2D eigenvalue weighted by atomic mass is 79.9. The number of aryl methyl sites for hydroxylation is 1. The number of methoxy groups -OCH3 is 1. The summed E-state index contributed by atoms with van der Waals surface area (Å²) in [5, 5.41) is 0. The summed E-state index contributed by atoms with van der Waals surface area (Å²) in [6.07, 6.45) is -0.119. The van der Waals surface area contributed by atoms with E-state index in [1.165, 1.54) is 11.7 Å². The summed E-state index contributed by atoms with van der Waals surface area (Å²) < 4.78 is 6.89. The molecule has 0 aliphatic heterocycles. The number of aromatic nitrogens is 2. The monoisotopic (exact) mass is 310 g/mol. The van der Waals surface area contributed by atoms with Crippen molar-refractivity contribution >= 4 is 32.9 Å². The molecule has 0 fully saturated rings. The fourth-order valence-electron chi connectivity index (χ4n) is 1.69. The van der Waals surface area contributed by atoms with Crippen LogP contribution in [0.5, 0.6) is 0 Å². The highest BCUT2D eigenvalue weighted by Crippen LogP contribution is 2.16. The number of halogens is 1. The van der Waals surface area contributed by atoms with Gasteiger partial charge in [0.15, 0.2) is 0 Å². The van der Waals surface area contributed by atoms with E-state index >= 15 is 0 Å². The van der Waals surface area contributed by atoms with Crippen LogP contribution in [0.1, 0.15) is 5.69 Å². The van der Waals surface area contributed by atoms with Gasteiger partial charge in [0.25, 0.3) is 5.56 Å². The topological polar surface area (TPSA) is 61.2 Å². The number of nitrogens with zero attached hydrogens (tertiary/aromatic N) is 2. The maximum Gasteiger partial charge on any atom is 0.311 e. The maximum atomic E-state index is 12.0. The van der Waals surface area contributed by atoms with Crippen LogP contribution in [0.3, 0.4) is 0 Å². The molecule has 0 aliphatic rings. The van der Waals surface area contributed by atoms with E-state index in [1.54, 1.807) is 19.2 Å². The Morgan fingerprint density at radius 1 is 1.50 bits per heavy atom. The molecule has 2 rings (SSSR count). The summed E-state index contributed by atoms with van der Waals surface area (Å²) >= 11 is 3.35. The van der Waals surface area contributed by atoms with Gasteiger partial charge in [-0.25, -0.2) is 4.98 Å². The number of esters is 1. The quantitative estimate of drug-likeness (QED) is 0.787. The minimum atomic E-state index is -0.478. The van der Waals surface area contributed by atoms with Crippen LogP contribution >= 0.6 is 15.9 Å². The first kappa shape index (κ1) is 12.8. The third-order valence-corrected chi connectivity index (χ3v) is 3.14. The number of carbonyl (C=O) groups is 1. The van der Waals surface area contributed by atoms with Gasteiger partial charge in [0.1, 0.15) is 5.69 Å². The van der Waals surface area contributed by atoms with Gasteiger partial charge in [0.05, 0.1) is 24.6 Å². The van der Waals surface area contributed by atoms with Gasteiger partial charge >= 0.3 is 5.97 Å². The summed E-state index contributed by atoms with van der Waals surface area (Å²) in [4.78, 5) is 27.4. The Morgan fingerprint density at radius 3 is 2.89 bits per heavy atom. The molecule has 18 heavy (non-hydrogen) atoms. The van der Waals surface area contributed by atoms with Gasteiger partial charge in [-0.15, -0.1) is 0 Å². The normalized spacial score (nSPS) is 10.6. The lowest BCUT2D eigenvalue weighted by Crippen LogP contribution is -2.25. The molecule has 0 spiro atoms. The van der Waals surface area contributed by atoms with Crippen LogP contribution in [0.4, 0.5) is 0 Å². The van der Waals surface area contributed by atoms with Crippen molar-refractivity contribution in [1.82, 2.24) is 9.55 Å². The van der Waals surface area contributed by atoms with E-state index in [1.807, 2.05) is 6.07 Å². The summed E-state index contributed by atoms with van der Waals surface area (Å²) in [7, 11) is 2.94. The lowest BCUT2D eigenvalue weighted by molar-refractivity contribution is -0.139. The fraction of sp³-hybridized carbons (Fsp3) is 0.250. The van der Waals surface area contributed by atoms with E-state index in [9.17, 15) is 9.59 Å². The molecule has 1 aromatic carbocycles. The van der Waals surface area contributed by atoms with Crippen molar-refractivity contribution in [3.63, 3.8) is 0 Å². The lowest BCUT2D eigenvalue weighted by atomic mass is 10.2. The predicted octanol–water partition coefficient (Wildman–Crippen LogP) is 1.41. The molecule has 94 valence electrons. The lowest BCUT2D eigenvalue weighted by Gasteiger charge is -2.07. The average molecular weight is 311 g/mol. The van der Waals surface area contributed by atoms with Crippen LogP contribution in [0, 0.1) is 0 Å². The maximum absolute atomic E-state index is 12.0. The van der Waals surface area contributed by atoms with E-state index < -0.39 is 5.97 Å². The van der Waals surface area contributed by atoms with Crippen molar-refractivity contribution < 1.29 is 9.53 Å². The van der Waals surface area contributed by atoms with Crippen LogP contribution < -0.4 is 5.56 Å². The number of hydrogen-bond donors (Lipinski definition) is 0. The van der Waals surface area contributed by atoms with E-state index in [2.05, 4.69) is 25.7 Å². The fourth-order valence-corrected chi connectivity index (χ4v) is 2.04. The molecule has 0 unspecified atom stereocenters. The van der Waals surface area contributed by atoms with E-state index in [0.717, 1.165) is 9.99 Å². The zero-order chi connectivity index (χ0) is 13.3. The van der Waals surface area contributed by atoms with Gasteiger partial charge in [0.2, 0.25) is 0 Å². The molecule has 0 atom stereocenters. The Balaban J connectivity index is 2.65. The van der Waals surface area contributed by atoms with Crippen molar-refractivity contribution in [2.24, 2.45) is 7.05 Å². The predicted molar refractivity (Wildman–Crippen MR) is 70.4 cm³/mol. The van der Waals surface area contributed by atoms with E-state index in [4.69, 9.17) is 0 Å². The van der Waals surface area contributed by atoms with Crippen LogP contribution in [0.15, 0.2) is 27.5 Å². The minimum absolute atomic E-state index is 0.119.